The topological polar surface area (TPSA) is 52.5 Å². The minimum absolute atomic E-state index is 0.0764. The highest BCUT2D eigenvalue weighted by atomic mass is 15.1. The van der Waals surface area contributed by atoms with E-state index >= 15 is 0 Å². The maximum absolute atomic E-state index is 8.89. The maximum atomic E-state index is 8.89. The predicted molar refractivity (Wildman–Crippen MR) is 44.6 cm³/mol. The Kier molecular flexibility index (Phi) is 1.61. The van der Waals surface area contributed by atoms with Crippen LogP contribution in [0.5, 0.6) is 0 Å². The van der Waals surface area contributed by atoms with E-state index < -0.39 is 0 Å². The van der Waals surface area contributed by atoms with Gasteiger partial charge in [0, 0.05) is 11.3 Å². The number of hydrogen-bond donors (Lipinski definition) is 1. The zero-order chi connectivity index (χ0) is 8.55. The maximum Gasteiger partial charge on any atom is 0.0749 e. The van der Waals surface area contributed by atoms with Crippen LogP contribution in [0.1, 0.15) is 35.7 Å². The molecule has 3 nitrogen and oxygen atoms in total. The number of rotatable bonds is 0. The van der Waals surface area contributed by atoms with Crippen molar-refractivity contribution in [2.24, 2.45) is 0 Å². The first-order valence-electron chi connectivity index (χ1n) is 4.26. The Morgan fingerprint density at radius 2 is 2.50 bits per heavy atom. The summed E-state index contributed by atoms with van der Waals surface area (Å²) in [5, 5.41) is 16.0. The monoisotopic (exact) mass is 161 g/mol. The van der Waals surface area contributed by atoms with Gasteiger partial charge in [-0.2, -0.15) is 10.4 Å². The average molecular weight is 161 g/mol. The highest BCUT2D eigenvalue weighted by Crippen LogP contribution is 2.31. The second-order valence-corrected chi connectivity index (χ2v) is 3.28. The van der Waals surface area contributed by atoms with Crippen molar-refractivity contribution in [2.75, 3.05) is 0 Å². The molecule has 0 saturated carbocycles. The average Bonchev–Trinajstić information content (AvgIpc) is 2.48. The number of fused-ring (bicyclic) bond motifs is 1. The molecule has 1 atom stereocenters. The van der Waals surface area contributed by atoms with Gasteiger partial charge in [0.25, 0.3) is 0 Å². The third-order valence-corrected chi connectivity index (χ3v) is 2.48. The molecular formula is C9H11N3. The molecule has 62 valence electrons. The van der Waals surface area contributed by atoms with E-state index in [0.717, 1.165) is 36.2 Å². The summed E-state index contributed by atoms with van der Waals surface area (Å²) in [6.45, 7) is 1.99. The van der Waals surface area contributed by atoms with Gasteiger partial charge in [0.05, 0.1) is 17.7 Å². The van der Waals surface area contributed by atoms with Crippen LogP contribution in [0.25, 0.3) is 0 Å². The lowest BCUT2D eigenvalue weighted by atomic mass is 9.86. The highest BCUT2D eigenvalue weighted by Gasteiger charge is 2.23. The Hall–Kier alpha value is -1.30. The van der Waals surface area contributed by atoms with E-state index in [1.165, 1.54) is 0 Å². The van der Waals surface area contributed by atoms with E-state index in [1.54, 1.807) is 0 Å². The third kappa shape index (κ3) is 0.918. The van der Waals surface area contributed by atoms with Crippen molar-refractivity contribution >= 4 is 0 Å². The molecule has 1 aliphatic rings. The molecule has 1 heterocycles. The van der Waals surface area contributed by atoms with Gasteiger partial charge in [-0.1, -0.05) is 0 Å². The van der Waals surface area contributed by atoms with Crippen molar-refractivity contribution in [2.45, 2.75) is 32.1 Å². The zero-order valence-corrected chi connectivity index (χ0v) is 7.09. The lowest BCUT2D eigenvalue weighted by Crippen LogP contribution is -2.07. The van der Waals surface area contributed by atoms with Crippen LogP contribution in [0.2, 0.25) is 0 Å². The molecule has 1 aromatic rings. The van der Waals surface area contributed by atoms with Crippen LogP contribution in [-0.2, 0) is 6.42 Å². The van der Waals surface area contributed by atoms with Crippen molar-refractivity contribution in [3.63, 3.8) is 0 Å². The van der Waals surface area contributed by atoms with E-state index in [1.807, 2.05) is 6.92 Å². The van der Waals surface area contributed by atoms with Crippen LogP contribution in [0.3, 0.4) is 0 Å². The molecule has 12 heavy (non-hydrogen) atoms. The molecule has 0 radical (unpaired) electrons. The molecule has 1 aliphatic carbocycles. The molecule has 0 aromatic carbocycles. The summed E-state index contributed by atoms with van der Waals surface area (Å²) in [5.74, 6) is 0.0764. The molecule has 0 bridgehead atoms. The van der Waals surface area contributed by atoms with Gasteiger partial charge >= 0.3 is 0 Å². The van der Waals surface area contributed by atoms with Crippen molar-refractivity contribution in [1.82, 2.24) is 10.2 Å². The van der Waals surface area contributed by atoms with Crippen LogP contribution in [-0.4, -0.2) is 10.2 Å². The number of aromatic nitrogens is 2. The minimum atomic E-state index is 0.0764. The fraction of sp³-hybridized carbons (Fsp3) is 0.556. The lowest BCUT2D eigenvalue weighted by Gasteiger charge is -2.15. The van der Waals surface area contributed by atoms with Crippen LogP contribution in [0.15, 0.2) is 0 Å². The van der Waals surface area contributed by atoms with Gasteiger partial charge in [-0.25, -0.2) is 0 Å². The molecule has 2 rings (SSSR count). The van der Waals surface area contributed by atoms with Gasteiger partial charge in [0.2, 0.25) is 0 Å². The van der Waals surface area contributed by atoms with Crippen LogP contribution in [0.4, 0.5) is 0 Å². The van der Waals surface area contributed by atoms with Crippen molar-refractivity contribution in [1.29, 1.82) is 5.26 Å². The Morgan fingerprint density at radius 3 is 3.25 bits per heavy atom. The number of nitrogens with one attached hydrogen (secondary N) is 1. The number of aromatic amines is 1. The SMILES string of the molecule is Cc1[nH]nc2c1C(C#N)CCC2. The van der Waals surface area contributed by atoms with Gasteiger partial charge in [0.1, 0.15) is 0 Å². The molecule has 0 saturated heterocycles. The van der Waals surface area contributed by atoms with Gasteiger partial charge in [-0.3, -0.25) is 5.10 Å². The number of nitrogens with zero attached hydrogens (tertiary/aromatic N) is 2. The van der Waals surface area contributed by atoms with E-state index in [4.69, 9.17) is 5.26 Å². The molecule has 0 fully saturated rings. The molecule has 1 aromatic heterocycles. The van der Waals surface area contributed by atoms with E-state index in [-0.39, 0.29) is 5.92 Å². The third-order valence-electron chi connectivity index (χ3n) is 2.48. The quantitative estimate of drug-likeness (QED) is 0.629. The Balaban J connectivity index is 2.49. The molecule has 3 heteroatoms. The van der Waals surface area contributed by atoms with Gasteiger partial charge in [0.15, 0.2) is 0 Å². The number of hydrogen-bond acceptors (Lipinski definition) is 2. The minimum Gasteiger partial charge on any atom is -0.282 e. The van der Waals surface area contributed by atoms with Gasteiger partial charge in [-0.15, -0.1) is 0 Å². The summed E-state index contributed by atoms with van der Waals surface area (Å²) in [7, 11) is 0. The van der Waals surface area contributed by atoms with Crippen LogP contribution in [0, 0.1) is 18.3 Å². The molecule has 0 spiro atoms. The Bertz CT molecular complexity index is 332. The Morgan fingerprint density at radius 1 is 1.67 bits per heavy atom. The van der Waals surface area contributed by atoms with Gasteiger partial charge in [-0.05, 0) is 26.2 Å². The summed E-state index contributed by atoms with van der Waals surface area (Å²) in [5.41, 5.74) is 3.32. The summed E-state index contributed by atoms with van der Waals surface area (Å²) in [6.07, 6.45) is 3.11. The number of H-pyrrole nitrogens is 1. The summed E-state index contributed by atoms with van der Waals surface area (Å²) in [6, 6.07) is 2.33. The summed E-state index contributed by atoms with van der Waals surface area (Å²) >= 11 is 0. The van der Waals surface area contributed by atoms with E-state index in [0.29, 0.717) is 0 Å². The molecule has 1 N–H and O–H groups in total. The standard InChI is InChI=1S/C9H11N3/c1-6-9-7(5-10)3-2-4-8(9)12-11-6/h7H,2-4H2,1H3,(H,11,12). The second-order valence-electron chi connectivity index (χ2n) is 3.28. The fourth-order valence-corrected chi connectivity index (χ4v) is 1.89. The first-order valence-corrected chi connectivity index (χ1v) is 4.26. The molecule has 0 aliphatic heterocycles. The fourth-order valence-electron chi connectivity index (χ4n) is 1.89. The normalized spacial score (nSPS) is 21.5. The van der Waals surface area contributed by atoms with Crippen molar-refractivity contribution in [3.05, 3.63) is 17.0 Å². The van der Waals surface area contributed by atoms with Crippen LogP contribution < -0.4 is 0 Å². The molecular weight excluding hydrogens is 150 g/mol. The second kappa shape index (κ2) is 2.63. The van der Waals surface area contributed by atoms with Crippen molar-refractivity contribution < 1.29 is 0 Å². The highest BCUT2D eigenvalue weighted by molar-refractivity contribution is 5.34. The van der Waals surface area contributed by atoms with E-state index in [2.05, 4.69) is 16.3 Å². The number of nitriles is 1. The zero-order valence-electron chi connectivity index (χ0n) is 7.09. The van der Waals surface area contributed by atoms with E-state index in [9.17, 15) is 0 Å². The lowest BCUT2D eigenvalue weighted by molar-refractivity contribution is 0.628. The Labute approximate surface area is 71.4 Å². The molecule has 1 unspecified atom stereocenters. The first-order chi connectivity index (χ1) is 5.83. The largest absolute Gasteiger partial charge is 0.282 e. The predicted octanol–water partition coefficient (Wildman–Crippen LogP) is 1.66. The van der Waals surface area contributed by atoms with Gasteiger partial charge < -0.3 is 0 Å². The van der Waals surface area contributed by atoms with Crippen molar-refractivity contribution in [3.8, 4) is 6.07 Å². The first kappa shape index (κ1) is 7.35. The smallest absolute Gasteiger partial charge is 0.0749 e. The summed E-state index contributed by atoms with van der Waals surface area (Å²) in [4.78, 5) is 0. The van der Waals surface area contributed by atoms with Crippen LogP contribution >= 0.6 is 0 Å². The summed E-state index contributed by atoms with van der Waals surface area (Å²) < 4.78 is 0. The molecule has 0 amide bonds. The number of aryl methyl sites for hydroxylation is 2.